The van der Waals surface area contributed by atoms with Crippen LogP contribution in [0.4, 0.5) is 5.69 Å². The summed E-state index contributed by atoms with van der Waals surface area (Å²) in [6.45, 7) is 0.237. The molecular formula is C23H17N3O3S. The van der Waals surface area contributed by atoms with Gasteiger partial charge in [0.25, 0.3) is 0 Å². The van der Waals surface area contributed by atoms with Gasteiger partial charge in [-0.15, -0.1) is 10.2 Å². The summed E-state index contributed by atoms with van der Waals surface area (Å²) in [5.41, 5.74) is 2.44. The van der Waals surface area contributed by atoms with Gasteiger partial charge in [-0.1, -0.05) is 48.2 Å². The highest BCUT2D eigenvalue weighted by Crippen LogP contribution is 2.35. The van der Waals surface area contributed by atoms with E-state index < -0.39 is 0 Å². The van der Waals surface area contributed by atoms with Gasteiger partial charge >= 0.3 is 0 Å². The lowest BCUT2D eigenvalue weighted by molar-refractivity contribution is -0.113. The fraction of sp³-hybridized carbons (Fsp3) is 0.0870. The van der Waals surface area contributed by atoms with Crippen LogP contribution in [0.25, 0.3) is 22.0 Å². The number of fused-ring (bicyclic) bond motifs is 2. The standard InChI is InChI=1S/C23H17N3O3S/c27-22(24-19-7-3-5-15-4-1-2-6-17(15)19)13-30-23-11-9-18(25-26-23)16-8-10-20-21(12-16)29-14-28-20/h1-12H,13-14H2,(H,24,27). The minimum atomic E-state index is -0.0852. The summed E-state index contributed by atoms with van der Waals surface area (Å²) in [5, 5.41) is 14.3. The minimum Gasteiger partial charge on any atom is -0.454 e. The molecule has 2 heterocycles. The third-order valence-electron chi connectivity index (χ3n) is 4.72. The van der Waals surface area contributed by atoms with E-state index in [4.69, 9.17) is 9.47 Å². The Bertz CT molecular complexity index is 1220. The van der Waals surface area contributed by atoms with Crippen LogP contribution in [-0.4, -0.2) is 28.7 Å². The molecular weight excluding hydrogens is 398 g/mol. The largest absolute Gasteiger partial charge is 0.454 e. The first-order chi connectivity index (χ1) is 14.8. The van der Waals surface area contributed by atoms with Gasteiger partial charge in [0.15, 0.2) is 11.5 Å². The summed E-state index contributed by atoms with van der Waals surface area (Å²) in [5.74, 6) is 1.60. The van der Waals surface area contributed by atoms with Gasteiger partial charge in [-0.25, -0.2) is 0 Å². The van der Waals surface area contributed by atoms with Gasteiger partial charge in [-0.05, 0) is 41.8 Å². The minimum absolute atomic E-state index is 0.0852. The number of thioether (sulfide) groups is 1. The number of rotatable bonds is 5. The molecule has 1 aromatic heterocycles. The van der Waals surface area contributed by atoms with Crippen LogP contribution in [0.3, 0.4) is 0 Å². The van der Waals surface area contributed by atoms with Crippen LogP contribution < -0.4 is 14.8 Å². The lowest BCUT2D eigenvalue weighted by Crippen LogP contribution is -2.14. The molecule has 4 aromatic rings. The Labute approximate surface area is 177 Å². The second kappa shape index (κ2) is 8.04. The van der Waals surface area contributed by atoms with E-state index in [0.717, 1.165) is 33.5 Å². The Morgan fingerprint density at radius 3 is 2.70 bits per heavy atom. The number of anilines is 1. The van der Waals surface area contributed by atoms with E-state index in [1.165, 1.54) is 11.8 Å². The zero-order valence-electron chi connectivity index (χ0n) is 15.9. The molecule has 0 saturated carbocycles. The third kappa shape index (κ3) is 3.79. The number of benzene rings is 3. The molecule has 1 N–H and O–H groups in total. The van der Waals surface area contributed by atoms with Crippen molar-refractivity contribution in [2.24, 2.45) is 0 Å². The molecule has 1 aliphatic rings. The molecule has 0 aliphatic carbocycles. The van der Waals surface area contributed by atoms with E-state index in [0.29, 0.717) is 10.8 Å². The molecule has 30 heavy (non-hydrogen) atoms. The zero-order chi connectivity index (χ0) is 20.3. The van der Waals surface area contributed by atoms with Crippen LogP contribution in [0.1, 0.15) is 0 Å². The van der Waals surface area contributed by atoms with E-state index >= 15 is 0 Å². The van der Waals surface area contributed by atoms with E-state index in [-0.39, 0.29) is 18.5 Å². The molecule has 0 saturated heterocycles. The Morgan fingerprint density at radius 1 is 0.933 bits per heavy atom. The van der Waals surface area contributed by atoms with Gasteiger partial charge in [0, 0.05) is 16.6 Å². The van der Waals surface area contributed by atoms with Crippen molar-refractivity contribution < 1.29 is 14.3 Å². The quantitative estimate of drug-likeness (QED) is 0.474. The Balaban J connectivity index is 1.23. The topological polar surface area (TPSA) is 73.3 Å². The number of hydrogen-bond donors (Lipinski definition) is 1. The number of aromatic nitrogens is 2. The van der Waals surface area contributed by atoms with Gasteiger partial charge < -0.3 is 14.8 Å². The number of nitrogens with one attached hydrogen (secondary N) is 1. The molecule has 7 heteroatoms. The molecule has 5 rings (SSSR count). The molecule has 1 amide bonds. The molecule has 0 spiro atoms. The van der Waals surface area contributed by atoms with Crippen LogP contribution in [0.2, 0.25) is 0 Å². The normalized spacial score (nSPS) is 12.1. The first kappa shape index (κ1) is 18.4. The first-order valence-corrected chi connectivity index (χ1v) is 10.4. The van der Waals surface area contributed by atoms with Crippen molar-refractivity contribution >= 4 is 34.1 Å². The van der Waals surface area contributed by atoms with Gasteiger partial charge in [0.05, 0.1) is 11.4 Å². The first-order valence-electron chi connectivity index (χ1n) is 9.40. The predicted molar refractivity (Wildman–Crippen MR) is 117 cm³/mol. The van der Waals surface area contributed by atoms with Gasteiger partial charge in [-0.3, -0.25) is 4.79 Å². The Kier molecular flexibility index (Phi) is 4.94. The summed E-state index contributed by atoms with van der Waals surface area (Å²) < 4.78 is 10.7. The van der Waals surface area contributed by atoms with Crippen molar-refractivity contribution in [1.82, 2.24) is 10.2 Å². The van der Waals surface area contributed by atoms with Crippen LogP contribution in [-0.2, 0) is 4.79 Å². The monoisotopic (exact) mass is 415 g/mol. The maximum absolute atomic E-state index is 12.4. The molecule has 148 valence electrons. The second-order valence-electron chi connectivity index (χ2n) is 6.69. The van der Waals surface area contributed by atoms with Crippen LogP contribution >= 0.6 is 11.8 Å². The predicted octanol–water partition coefficient (Wildman–Crippen LogP) is 4.76. The van der Waals surface area contributed by atoms with E-state index in [1.54, 1.807) is 0 Å². The van der Waals surface area contributed by atoms with E-state index in [9.17, 15) is 4.79 Å². The molecule has 0 radical (unpaired) electrons. The van der Waals surface area contributed by atoms with Crippen molar-refractivity contribution in [3.8, 4) is 22.8 Å². The maximum atomic E-state index is 12.4. The summed E-state index contributed by atoms with van der Waals surface area (Å²) in [6, 6.07) is 23.2. The highest BCUT2D eigenvalue weighted by molar-refractivity contribution is 7.99. The average molecular weight is 415 g/mol. The van der Waals surface area contributed by atoms with Crippen molar-refractivity contribution in [3.63, 3.8) is 0 Å². The van der Waals surface area contributed by atoms with Crippen LogP contribution in [0, 0.1) is 0 Å². The van der Waals surface area contributed by atoms with Crippen LogP contribution in [0.5, 0.6) is 11.5 Å². The Morgan fingerprint density at radius 2 is 1.80 bits per heavy atom. The number of carbonyl (C=O) groups is 1. The number of carbonyl (C=O) groups excluding carboxylic acids is 1. The molecule has 6 nitrogen and oxygen atoms in total. The fourth-order valence-electron chi connectivity index (χ4n) is 3.27. The van der Waals surface area contributed by atoms with Gasteiger partial charge in [0.2, 0.25) is 12.7 Å². The maximum Gasteiger partial charge on any atom is 0.234 e. The lowest BCUT2D eigenvalue weighted by Gasteiger charge is -2.08. The van der Waals surface area contributed by atoms with E-state index in [2.05, 4.69) is 15.5 Å². The summed E-state index contributed by atoms with van der Waals surface area (Å²) in [7, 11) is 0. The Hall–Kier alpha value is -3.58. The zero-order valence-corrected chi connectivity index (χ0v) is 16.7. The fourth-order valence-corrected chi connectivity index (χ4v) is 3.88. The highest BCUT2D eigenvalue weighted by Gasteiger charge is 2.14. The van der Waals surface area contributed by atoms with E-state index in [1.807, 2.05) is 72.8 Å². The number of nitrogens with zero attached hydrogens (tertiary/aromatic N) is 2. The number of ether oxygens (including phenoxy) is 2. The summed E-state index contributed by atoms with van der Waals surface area (Å²) in [4.78, 5) is 12.4. The molecule has 0 fully saturated rings. The van der Waals surface area contributed by atoms with Gasteiger partial charge in [-0.2, -0.15) is 0 Å². The highest BCUT2D eigenvalue weighted by atomic mass is 32.2. The summed E-state index contributed by atoms with van der Waals surface area (Å²) >= 11 is 1.35. The molecule has 0 bridgehead atoms. The van der Waals surface area contributed by atoms with Crippen molar-refractivity contribution in [3.05, 3.63) is 72.8 Å². The van der Waals surface area contributed by atoms with Crippen molar-refractivity contribution in [2.75, 3.05) is 17.9 Å². The number of amides is 1. The van der Waals surface area contributed by atoms with Crippen LogP contribution in [0.15, 0.2) is 77.8 Å². The average Bonchev–Trinajstić information content (AvgIpc) is 3.26. The second-order valence-corrected chi connectivity index (χ2v) is 7.68. The lowest BCUT2D eigenvalue weighted by atomic mass is 10.1. The van der Waals surface area contributed by atoms with Gasteiger partial charge in [0.1, 0.15) is 5.03 Å². The third-order valence-corrected chi connectivity index (χ3v) is 5.64. The smallest absolute Gasteiger partial charge is 0.234 e. The molecule has 3 aromatic carbocycles. The number of hydrogen-bond acceptors (Lipinski definition) is 6. The summed E-state index contributed by atoms with van der Waals surface area (Å²) in [6.07, 6.45) is 0. The SMILES string of the molecule is O=C(CSc1ccc(-c2ccc3c(c2)OCO3)nn1)Nc1cccc2ccccc12. The molecule has 0 atom stereocenters. The molecule has 0 unspecified atom stereocenters. The van der Waals surface area contributed by atoms with Crippen molar-refractivity contribution in [1.29, 1.82) is 0 Å². The van der Waals surface area contributed by atoms with Crippen molar-refractivity contribution in [2.45, 2.75) is 5.03 Å². The molecule has 1 aliphatic heterocycles.